The summed E-state index contributed by atoms with van der Waals surface area (Å²) in [6.07, 6.45) is 3.54. The van der Waals surface area contributed by atoms with E-state index in [9.17, 15) is 0 Å². The molecule has 3 aromatic heterocycles. The van der Waals surface area contributed by atoms with E-state index in [0.29, 0.717) is 0 Å². The first-order chi connectivity index (χ1) is 11.4. The van der Waals surface area contributed by atoms with Crippen LogP contribution in [-0.4, -0.2) is 15.0 Å². The lowest BCUT2D eigenvalue weighted by Gasteiger charge is -2.04. The normalized spacial score (nSPS) is 11.5. The molecule has 0 atom stereocenters. The number of pyridine rings is 1. The molecule has 23 heavy (non-hydrogen) atoms. The Morgan fingerprint density at radius 1 is 0.783 bits per heavy atom. The third-order valence-corrected chi connectivity index (χ3v) is 5.13. The van der Waals surface area contributed by atoms with Crippen molar-refractivity contribution in [1.29, 1.82) is 0 Å². The predicted molar refractivity (Wildman–Crippen MR) is 95.7 cm³/mol. The van der Waals surface area contributed by atoms with Gasteiger partial charge in [-0.3, -0.25) is 4.98 Å². The molecule has 0 saturated carbocycles. The van der Waals surface area contributed by atoms with Crippen LogP contribution >= 0.6 is 11.3 Å². The number of rotatable bonds is 1. The van der Waals surface area contributed by atoms with Crippen LogP contribution in [0.2, 0.25) is 0 Å². The summed E-state index contributed by atoms with van der Waals surface area (Å²) in [7, 11) is 0. The van der Waals surface area contributed by atoms with Crippen LogP contribution in [-0.2, 0) is 0 Å². The predicted octanol–water partition coefficient (Wildman–Crippen LogP) is 5.06. The zero-order chi connectivity index (χ0) is 15.2. The van der Waals surface area contributed by atoms with E-state index < -0.39 is 0 Å². The fourth-order valence-corrected chi connectivity index (χ4v) is 4.01. The molecule has 0 bridgehead atoms. The first-order valence-electron chi connectivity index (χ1n) is 7.37. The average molecular weight is 313 g/mol. The summed E-state index contributed by atoms with van der Waals surface area (Å²) < 4.78 is 1.23. The molecule has 0 aliphatic rings. The Morgan fingerprint density at radius 2 is 1.61 bits per heavy atom. The summed E-state index contributed by atoms with van der Waals surface area (Å²) in [4.78, 5) is 14.6. The molecule has 0 spiro atoms. The molecule has 0 radical (unpaired) electrons. The highest BCUT2D eigenvalue weighted by Gasteiger charge is 2.13. The number of aromatic nitrogens is 3. The van der Waals surface area contributed by atoms with E-state index in [2.05, 4.69) is 57.4 Å². The van der Waals surface area contributed by atoms with Gasteiger partial charge in [0.25, 0.3) is 0 Å². The number of nitrogens with zero attached hydrogens (tertiary/aromatic N) is 3. The number of thiophene rings is 1. The Hall–Kier alpha value is -2.85. The summed E-state index contributed by atoms with van der Waals surface area (Å²) >= 11 is 1.70. The molecular weight excluding hydrogens is 302 g/mol. The van der Waals surface area contributed by atoms with Gasteiger partial charge in [0.05, 0.1) is 5.69 Å². The van der Waals surface area contributed by atoms with Gasteiger partial charge in [-0.1, -0.05) is 42.5 Å². The van der Waals surface area contributed by atoms with Crippen LogP contribution in [0.15, 0.2) is 67.1 Å². The van der Waals surface area contributed by atoms with Crippen molar-refractivity contribution in [2.45, 2.75) is 0 Å². The van der Waals surface area contributed by atoms with Crippen LogP contribution in [0, 0.1) is 0 Å². The van der Waals surface area contributed by atoms with Crippen molar-refractivity contribution < 1.29 is 0 Å². The van der Waals surface area contributed by atoms with Crippen LogP contribution in [0.1, 0.15) is 0 Å². The van der Waals surface area contributed by atoms with Gasteiger partial charge < -0.3 is 0 Å². The lowest BCUT2D eigenvalue weighted by Crippen LogP contribution is -1.90. The Balaban J connectivity index is 1.87. The minimum atomic E-state index is 0.889. The Morgan fingerprint density at radius 3 is 2.57 bits per heavy atom. The number of benzene rings is 2. The Kier molecular flexibility index (Phi) is 2.66. The van der Waals surface area contributed by atoms with Crippen molar-refractivity contribution in [3.63, 3.8) is 0 Å². The summed E-state index contributed by atoms with van der Waals surface area (Å²) in [5.74, 6) is 0. The lowest BCUT2D eigenvalue weighted by atomic mass is 10.1. The molecule has 5 aromatic rings. The van der Waals surface area contributed by atoms with Crippen molar-refractivity contribution in [1.82, 2.24) is 15.0 Å². The second kappa shape index (κ2) is 4.83. The first kappa shape index (κ1) is 12.7. The Labute approximate surface area is 136 Å². The Bertz CT molecular complexity index is 1180. The van der Waals surface area contributed by atoms with Gasteiger partial charge in [-0.05, 0) is 17.5 Å². The van der Waals surface area contributed by atoms with Crippen LogP contribution in [0.4, 0.5) is 0 Å². The largest absolute Gasteiger partial charge is 0.254 e. The maximum absolute atomic E-state index is 4.63. The zero-order valence-electron chi connectivity index (χ0n) is 12.1. The smallest absolute Gasteiger partial charge is 0.128 e. The molecule has 0 aliphatic heterocycles. The number of hydrogen-bond acceptors (Lipinski definition) is 4. The molecule has 4 heteroatoms. The molecule has 0 aliphatic carbocycles. The molecule has 0 N–H and O–H groups in total. The summed E-state index contributed by atoms with van der Waals surface area (Å²) in [6, 6.07) is 18.7. The molecule has 2 aromatic carbocycles. The number of fused-ring (bicyclic) bond motifs is 4. The first-order valence-corrected chi connectivity index (χ1v) is 8.19. The van der Waals surface area contributed by atoms with E-state index >= 15 is 0 Å². The summed E-state index contributed by atoms with van der Waals surface area (Å²) in [5, 5.41) is 4.59. The summed E-state index contributed by atoms with van der Waals surface area (Å²) in [5.41, 5.74) is 1.79. The van der Waals surface area contributed by atoms with Gasteiger partial charge in [0.2, 0.25) is 0 Å². The van der Waals surface area contributed by atoms with E-state index in [1.807, 2.05) is 18.3 Å². The van der Waals surface area contributed by atoms with Crippen molar-refractivity contribution in [3.05, 3.63) is 67.1 Å². The quantitative estimate of drug-likeness (QED) is 0.434. The molecule has 0 unspecified atom stereocenters. The van der Waals surface area contributed by atoms with Gasteiger partial charge in [0.15, 0.2) is 0 Å². The van der Waals surface area contributed by atoms with E-state index in [0.717, 1.165) is 27.0 Å². The van der Waals surface area contributed by atoms with Crippen molar-refractivity contribution >= 4 is 42.4 Å². The van der Waals surface area contributed by atoms with Gasteiger partial charge in [0, 0.05) is 27.1 Å². The van der Waals surface area contributed by atoms with Gasteiger partial charge >= 0.3 is 0 Å². The van der Waals surface area contributed by atoms with Crippen molar-refractivity contribution in [3.8, 4) is 11.4 Å². The van der Waals surface area contributed by atoms with E-state index in [1.165, 1.54) is 15.5 Å². The van der Waals surface area contributed by atoms with Crippen molar-refractivity contribution in [2.75, 3.05) is 0 Å². The maximum Gasteiger partial charge on any atom is 0.128 e. The van der Waals surface area contributed by atoms with Crippen LogP contribution in [0.25, 0.3) is 42.5 Å². The topological polar surface area (TPSA) is 38.7 Å². The molecule has 0 saturated heterocycles. The second-order valence-electron chi connectivity index (χ2n) is 5.42. The number of hydrogen-bond donors (Lipinski definition) is 0. The standard InChI is InChI=1S/C19H11N3S/c1-2-6-13-10-20-15(9-12(13)5-1)18-17-14-7-3-4-8-16(14)23-19(17)22-11-21-18/h1-11H. The van der Waals surface area contributed by atoms with Crippen LogP contribution in [0.5, 0.6) is 0 Å². The highest BCUT2D eigenvalue weighted by molar-refractivity contribution is 7.25. The van der Waals surface area contributed by atoms with E-state index in [4.69, 9.17) is 0 Å². The highest BCUT2D eigenvalue weighted by atomic mass is 32.1. The minimum Gasteiger partial charge on any atom is -0.254 e. The molecular formula is C19H11N3S. The lowest BCUT2D eigenvalue weighted by molar-refractivity contribution is 1.21. The van der Waals surface area contributed by atoms with Crippen molar-refractivity contribution in [2.24, 2.45) is 0 Å². The van der Waals surface area contributed by atoms with Gasteiger partial charge in [-0.2, -0.15) is 0 Å². The molecule has 0 amide bonds. The molecule has 3 heterocycles. The summed E-state index contributed by atoms with van der Waals surface area (Å²) in [6.45, 7) is 0. The van der Waals surface area contributed by atoms with Crippen LogP contribution in [0.3, 0.4) is 0 Å². The maximum atomic E-state index is 4.63. The fourth-order valence-electron chi connectivity index (χ4n) is 2.96. The molecule has 5 rings (SSSR count). The molecule has 108 valence electrons. The van der Waals surface area contributed by atoms with Crippen LogP contribution < -0.4 is 0 Å². The minimum absolute atomic E-state index is 0.889. The molecule has 0 fully saturated rings. The SMILES string of the molecule is c1ccc2cc(-c3ncnc4sc5ccccc5c34)ncc2c1. The third-order valence-electron chi connectivity index (χ3n) is 4.05. The fraction of sp³-hybridized carbons (Fsp3) is 0. The van der Waals surface area contributed by atoms with Gasteiger partial charge in [-0.25, -0.2) is 9.97 Å². The van der Waals surface area contributed by atoms with Gasteiger partial charge in [0.1, 0.15) is 16.9 Å². The zero-order valence-corrected chi connectivity index (χ0v) is 12.9. The monoisotopic (exact) mass is 313 g/mol. The second-order valence-corrected chi connectivity index (χ2v) is 6.45. The molecule has 3 nitrogen and oxygen atoms in total. The highest BCUT2D eigenvalue weighted by Crippen LogP contribution is 2.37. The average Bonchev–Trinajstić information content (AvgIpc) is 3.00. The van der Waals surface area contributed by atoms with E-state index in [-0.39, 0.29) is 0 Å². The van der Waals surface area contributed by atoms with Gasteiger partial charge in [-0.15, -0.1) is 11.3 Å². The third kappa shape index (κ3) is 1.92. The van der Waals surface area contributed by atoms with E-state index in [1.54, 1.807) is 17.7 Å².